The lowest BCUT2D eigenvalue weighted by atomic mass is 10.0. The molecule has 1 aliphatic heterocycles. The normalized spacial score (nSPS) is 17.2. The number of fused-ring (bicyclic) bond motifs is 1. The summed E-state index contributed by atoms with van der Waals surface area (Å²) in [6.07, 6.45) is 2.60. The second-order valence-electron chi connectivity index (χ2n) is 6.70. The molecule has 2 aromatic carbocycles. The molecule has 1 fully saturated rings. The first-order valence-corrected chi connectivity index (χ1v) is 9.10. The molecule has 0 bridgehead atoms. The van der Waals surface area contributed by atoms with Gasteiger partial charge < -0.3 is 19.4 Å². The summed E-state index contributed by atoms with van der Waals surface area (Å²) < 4.78 is 35.0. The fourth-order valence-electron chi connectivity index (χ4n) is 3.62. The Labute approximate surface area is 160 Å². The van der Waals surface area contributed by atoms with E-state index in [-0.39, 0.29) is 17.7 Å². The number of rotatable bonds is 5. The molecule has 1 aliphatic rings. The molecule has 28 heavy (non-hydrogen) atoms. The Morgan fingerprint density at radius 2 is 2.11 bits per heavy atom. The summed E-state index contributed by atoms with van der Waals surface area (Å²) in [5.41, 5.74) is 2.48. The van der Waals surface area contributed by atoms with Crippen LogP contribution in [0.3, 0.4) is 0 Å². The van der Waals surface area contributed by atoms with Crippen LogP contribution in [0.25, 0.3) is 10.9 Å². The number of hydrogen-bond donors (Lipinski definition) is 1. The highest BCUT2D eigenvalue weighted by Gasteiger charge is 2.29. The van der Waals surface area contributed by atoms with E-state index in [2.05, 4.69) is 9.72 Å². The molecule has 0 radical (unpaired) electrons. The van der Waals surface area contributed by atoms with Crippen LogP contribution < -0.4 is 4.74 Å². The Kier molecular flexibility index (Phi) is 5.25. The summed E-state index contributed by atoms with van der Waals surface area (Å²) >= 11 is 0. The number of aromatic nitrogens is 1. The third kappa shape index (κ3) is 3.84. The van der Waals surface area contributed by atoms with Gasteiger partial charge in [-0.2, -0.15) is 8.78 Å². The van der Waals surface area contributed by atoms with Crippen molar-refractivity contribution in [1.82, 2.24) is 9.88 Å². The summed E-state index contributed by atoms with van der Waals surface area (Å²) in [7, 11) is 0. The standard InChI is InChI=1S/C21H20F2N2O3/c22-21(23)28-17-5-3-4-14(11-17)20(26)25-8-9-27-13-16(25)10-15-12-24-19-7-2-1-6-18(15)19/h1-7,11-12,16,21,24H,8-10,13H2/t16-/m0/s1. The van der Waals surface area contributed by atoms with Gasteiger partial charge in [0.1, 0.15) is 5.75 Å². The fraction of sp³-hybridized carbons (Fsp3) is 0.286. The number of amides is 1. The predicted octanol–water partition coefficient (Wildman–Crippen LogP) is 3.85. The molecule has 7 heteroatoms. The third-order valence-corrected chi connectivity index (χ3v) is 4.93. The zero-order chi connectivity index (χ0) is 19.5. The van der Waals surface area contributed by atoms with Crippen LogP contribution in [0.5, 0.6) is 5.75 Å². The highest BCUT2D eigenvalue weighted by atomic mass is 19.3. The van der Waals surface area contributed by atoms with Crippen LogP contribution >= 0.6 is 0 Å². The summed E-state index contributed by atoms with van der Waals surface area (Å²) in [5, 5.41) is 1.12. The van der Waals surface area contributed by atoms with Crippen molar-refractivity contribution in [2.24, 2.45) is 0 Å². The number of aromatic amines is 1. The number of halogens is 2. The molecular formula is C21H20F2N2O3. The van der Waals surface area contributed by atoms with Gasteiger partial charge in [-0.3, -0.25) is 4.79 Å². The lowest BCUT2D eigenvalue weighted by Crippen LogP contribution is -2.49. The van der Waals surface area contributed by atoms with Gasteiger partial charge in [-0.05, 0) is 36.2 Å². The molecule has 4 rings (SSSR count). The summed E-state index contributed by atoms with van der Waals surface area (Å²) in [4.78, 5) is 18.1. The van der Waals surface area contributed by atoms with Crippen molar-refractivity contribution in [3.05, 3.63) is 65.9 Å². The molecule has 1 amide bonds. The number of nitrogens with zero attached hydrogens (tertiary/aromatic N) is 1. The number of morpholine rings is 1. The van der Waals surface area contributed by atoms with Crippen molar-refractivity contribution in [3.63, 3.8) is 0 Å². The van der Waals surface area contributed by atoms with Crippen molar-refractivity contribution < 1.29 is 23.0 Å². The average molecular weight is 386 g/mol. The van der Waals surface area contributed by atoms with Gasteiger partial charge in [0.2, 0.25) is 0 Å². The molecule has 0 aliphatic carbocycles. The molecule has 0 saturated carbocycles. The Balaban J connectivity index is 1.56. The van der Waals surface area contributed by atoms with Gasteiger partial charge in [0.05, 0.1) is 19.3 Å². The first-order valence-electron chi connectivity index (χ1n) is 9.10. The number of carbonyl (C=O) groups is 1. The first-order chi connectivity index (χ1) is 13.6. The van der Waals surface area contributed by atoms with Crippen LogP contribution in [0.2, 0.25) is 0 Å². The van der Waals surface area contributed by atoms with Crippen molar-refractivity contribution in [2.75, 3.05) is 19.8 Å². The minimum absolute atomic E-state index is 0.0257. The molecule has 0 unspecified atom stereocenters. The van der Waals surface area contributed by atoms with Crippen LogP contribution in [0.4, 0.5) is 8.78 Å². The molecule has 146 valence electrons. The van der Waals surface area contributed by atoms with Crippen LogP contribution in [-0.4, -0.2) is 48.2 Å². The molecule has 5 nitrogen and oxygen atoms in total. The minimum atomic E-state index is -2.93. The van der Waals surface area contributed by atoms with Gasteiger partial charge in [0.25, 0.3) is 5.91 Å². The molecular weight excluding hydrogens is 366 g/mol. The zero-order valence-electron chi connectivity index (χ0n) is 15.1. The number of hydrogen-bond acceptors (Lipinski definition) is 3. The van der Waals surface area contributed by atoms with Crippen molar-refractivity contribution in [3.8, 4) is 5.75 Å². The van der Waals surface area contributed by atoms with Gasteiger partial charge >= 0.3 is 6.61 Å². The van der Waals surface area contributed by atoms with Gasteiger partial charge in [0.15, 0.2) is 0 Å². The van der Waals surface area contributed by atoms with E-state index in [1.165, 1.54) is 12.1 Å². The van der Waals surface area contributed by atoms with E-state index in [0.29, 0.717) is 31.7 Å². The van der Waals surface area contributed by atoms with Crippen LogP contribution in [0, 0.1) is 0 Å². The second kappa shape index (κ2) is 7.98. The van der Waals surface area contributed by atoms with Gasteiger partial charge in [-0.1, -0.05) is 24.3 Å². The van der Waals surface area contributed by atoms with E-state index in [1.54, 1.807) is 17.0 Å². The maximum atomic E-state index is 13.1. The number of H-pyrrole nitrogens is 1. The monoisotopic (exact) mass is 386 g/mol. The molecule has 0 spiro atoms. The van der Waals surface area contributed by atoms with Crippen LogP contribution in [0.15, 0.2) is 54.7 Å². The smallest absolute Gasteiger partial charge is 0.387 e. The number of ether oxygens (including phenoxy) is 2. The molecule has 1 N–H and O–H groups in total. The number of nitrogens with one attached hydrogen (secondary N) is 1. The number of carbonyl (C=O) groups excluding carboxylic acids is 1. The van der Waals surface area contributed by atoms with E-state index in [0.717, 1.165) is 16.5 Å². The Bertz CT molecular complexity index is 973. The van der Waals surface area contributed by atoms with Crippen molar-refractivity contribution in [1.29, 1.82) is 0 Å². The quantitative estimate of drug-likeness (QED) is 0.725. The predicted molar refractivity (Wildman–Crippen MR) is 101 cm³/mol. The van der Waals surface area contributed by atoms with E-state index >= 15 is 0 Å². The lowest BCUT2D eigenvalue weighted by molar-refractivity contribution is -0.0499. The van der Waals surface area contributed by atoms with E-state index in [9.17, 15) is 13.6 Å². The van der Waals surface area contributed by atoms with E-state index < -0.39 is 6.61 Å². The van der Waals surface area contributed by atoms with Crippen molar-refractivity contribution >= 4 is 16.8 Å². The number of benzene rings is 2. The minimum Gasteiger partial charge on any atom is -0.435 e. The number of para-hydroxylation sites is 1. The zero-order valence-corrected chi connectivity index (χ0v) is 15.1. The lowest BCUT2D eigenvalue weighted by Gasteiger charge is -2.35. The van der Waals surface area contributed by atoms with Crippen molar-refractivity contribution in [2.45, 2.75) is 19.1 Å². The Morgan fingerprint density at radius 1 is 1.25 bits per heavy atom. The van der Waals surface area contributed by atoms with Crippen LogP contribution in [-0.2, 0) is 11.2 Å². The Morgan fingerprint density at radius 3 is 2.96 bits per heavy atom. The molecule has 1 saturated heterocycles. The first kappa shape index (κ1) is 18.4. The fourth-order valence-corrected chi connectivity index (χ4v) is 3.62. The highest BCUT2D eigenvalue weighted by Crippen LogP contribution is 2.24. The Hall–Kier alpha value is -2.93. The van der Waals surface area contributed by atoms with Gasteiger partial charge in [0, 0.05) is 29.2 Å². The highest BCUT2D eigenvalue weighted by molar-refractivity contribution is 5.95. The molecule has 1 atom stereocenters. The third-order valence-electron chi connectivity index (χ3n) is 4.93. The summed E-state index contributed by atoms with van der Waals surface area (Å²) in [6.45, 7) is -1.60. The average Bonchev–Trinajstić information content (AvgIpc) is 3.11. The molecule has 1 aromatic heterocycles. The topological polar surface area (TPSA) is 54.6 Å². The maximum absolute atomic E-state index is 13.1. The summed E-state index contributed by atoms with van der Waals surface area (Å²) in [5.74, 6) is -0.241. The molecule has 2 heterocycles. The SMILES string of the molecule is O=C(c1cccc(OC(F)F)c1)N1CCOC[C@@H]1Cc1c[nH]c2ccccc12. The number of alkyl halides is 2. The summed E-state index contributed by atoms with van der Waals surface area (Å²) in [6, 6.07) is 13.8. The van der Waals surface area contributed by atoms with Crippen LogP contribution in [0.1, 0.15) is 15.9 Å². The largest absolute Gasteiger partial charge is 0.435 e. The molecule has 3 aromatic rings. The van der Waals surface area contributed by atoms with Gasteiger partial charge in [-0.25, -0.2) is 0 Å². The maximum Gasteiger partial charge on any atom is 0.387 e. The van der Waals surface area contributed by atoms with E-state index in [1.807, 2.05) is 30.5 Å². The van der Waals surface area contributed by atoms with Gasteiger partial charge in [-0.15, -0.1) is 0 Å². The second-order valence-corrected chi connectivity index (χ2v) is 6.70. The van der Waals surface area contributed by atoms with E-state index in [4.69, 9.17) is 4.74 Å².